The standard InChI is InChI=1S/C17H15Br2NS/c18-11-13(8-12-4-3-5-14(19)9-12)10-17-20-15-6-1-2-7-16(15)21-17/h1-7,9,13H,8,10-11H2. The Morgan fingerprint density at radius 3 is 2.67 bits per heavy atom. The van der Waals surface area contributed by atoms with E-state index in [4.69, 9.17) is 4.98 Å². The number of halogens is 2. The molecule has 3 aromatic rings. The maximum atomic E-state index is 4.75. The van der Waals surface area contributed by atoms with Crippen LogP contribution < -0.4 is 0 Å². The van der Waals surface area contributed by atoms with Crippen LogP contribution >= 0.6 is 43.2 Å². The number of benzene rings is 2. The van der Waals surface area contributed by atoms with Crippen LogP contribution in [0.5, 0.6) is 0 Å². The summed E-state index contributed by atoms with van der Waals surface area (Å²) in [6.45, 7) is 0. The van der Waals surface area contributed by atoms with Crippen LogP contribution in [-0.4, -0.2) is 10.3 Å². The molecule has 4 heteroatoms. The zero-order valence-corrected chi connectivity index (χ0v) is 15.4. The lowest BCUT2D eigenvalue weighted by molar-refractivity contribution is 0.590. The fourth-order valence-electron chi connectivity index (χ4n) is 2.43. The highest BCUT2D eigenvalue weighted by Gasteiger charge is 2.13. The van der Waals surface area contributed by atoms with Gasteiger partial charge in [0.1, 0.15) is 0 Å². The second kappa shape index (κ2) is 7.03. The normalized spacial score (nSPS) is 12.7. The summed E-state index contributed by atoms with van der Waals surface area (Å²) in [5.74, 6) is 0.569. The summed E-state index contributed by atoms with van der Waals surface area (Å²) in [6, 6.07) is 16.9. The second-order valence-electron chi connectivity index (χ2n) is 5.13. The molecule has 1 heterocycles. The van der Waals surface area contributed by atoms with Gasteiger partial charge >= 0.3 is 0 Å². The molecule has 0 spiro atoms. The number of hydrogen-bond donors (Lipinski definition) is 0. The Morgan fingerprint density at radius 2 is 1.90 bits per heavy atom. The third-order valence-corrected chi connectivity index (χ3v) is 5.90. The van der Waals surface area contributed by atoms with Crippen LogP contribution in [0.25, 0.3) is 10.2 Å². The van der Waals surface area contributed by atoms with E-state index in [1.807, 2.05) is 11.3 Å². The summed E-state index contributed by atoms with van der Waals surface area (Å²) in [7, 11) is 0. The van der Waals surface area contributed by atoms with Gasteiger partial charge in [0.2, 0.25) is 0 Å². The number of rotatable bonds is 5. The minimum Gasteiger partial charge on any atom is -0.241 e. The number of alkyl halides is 1. The first-order chi connectivity index (χ1) is 10.2. The van der Waals surface area contributed by atoms with E-state index in [1.165, 1.54) is 15.3 Å². The van der Waals surface area contributed by atoms with Crippen LogP contribution in [0.15, 0.2) is 53.0 Å². The van der Waals surface area contributed by atoms with Gasteiger partial charge in [-0.25, -0.2) is 4.98 Å². The van der Waals surface area contributed by atoms with E-state index in [0.29, 0.717) is 5.92 Å². The fourth-order valence-corrected chi connectivity index (χ4v) is 4.42. The first-order valence-electron chi connectivity index (χ1n) is 6.89. The monoisotopic (exact) mass is 423 g/mol. The number of para-hydroxylation sites is 1. The van der Waals surface area contributed by atoms with Crippen LogP contribution in [-0.2, 0) is 12.8 Å². The molecule has 0 aliphatic carbocycles. The van der Waals surface area contributed by atoms with E-state index >= 15 is 0 Å². The lowest BCUT2D eigenvalue weighted by Crippen LogP contribution is -2.09. The number of hydrogen-bond acceptors (Lipinski definition) is 2. The van der Waals surface area contributed by atoms with Crippen molar-refractivity contribution in [2.75, 3.05) is 5.33 Å². The summed E-state index contributed by atoms with van der Waals surface area (Å²) < 4.78 is 2.43. The van der Waals surface area contributed by atoms with Crippen LogP contribution in [0.4, 0.5) is 0 Å². The second-order valence-corrected chi connectivity index (χ2v) is 7.81. The molecule has 1 unspecified atom stereocenters. The first kappa shape index (κ1) is 15.2. The van der Waals surface area contributed by atoms with E-state index in [0.717, 1.165) is 28.2 Å². The average Bonchev–Trinajstić information content (AvgIpc) is 2.89. The number of thiazole rings is 1. The van der Waals surface area contributed by atoms with Gasteiger partial charge in [0, 0.05) is 16.2 Å². The van der Waals surface area contributed by atoms with Crippen molar-refractivity contribution in [2.24, 2.45) is 5.92 Å². The van der Waals surface area contributed by atoms with E-state index in [2.05, 4.69) is 80.4 Å². The zero-order chi connectivity index (χ0) is 14.7. The molecule has 0 aliphatic heterocycles. The molecule has 1 nitrogen and oxygen atoms in total. The minimum absolute atomic E-state index is 0.569. The van der Waals surface area contributed by atoms with Crippen molar-refractivity contribution >= 4 is 53.4 Å². The summed E-state index contributed by atoms with van der Waals surface area (Å²) in [5.41, 5.74) is 2.49. The lowest BCUT2D eigenvalue weighted by Gasteiger charge is -2.12. The van der Waals surface area contributed by atoms with Crippen molar-refractivity contribution in [3.05, 3.63) is 63.6 Å². The summed E-state index contributed by atoms with van der Waals surface area (Å²) >= 11 is 9.01. The zero-order valence-electron chi connectivity index (χ0n) is 11.4. The van der Waals surface area contributed by atoms with E-state index in [1.54, 1.807) is 0 Å². The number of fused-ring (bicyclic) bond motifs is 1. The molecule has 1 aromatic heterocycles. The molecule has 0 saturated heterocycles. The van der Waals surface area contributed by atoms with Crippen LogP contribution in [0.2, 0.25) is 0 Å². The van der Waals surface area contributed by atoms with Gasteiger partial charge < -0.3 is 0 Å². The highest BCUT2D eigenvalue weighted by Crippen LogP contribution is 2.26. The average molecular weight is 425 g/mol. The van der Waals surface area contributed by atoms with Gasteiger partial charge in [0.15, 0.2) is 0 Å². The summed E-state index contributed by atoms with van der Waals surface area (Å²) in [5, 5.41) is 2.23. The minimum atomic E-state index is 0.569. The van der Waals surface area contributed by atoms with Gasteiger partial charge in [-0.05, 0) is 42.2 Å². The highest BCUT2D eigenvalue weighted by molar-refractivity contribution is 9.10. The Labute approximate surface area is 145 Å². The topological polar surface area (TPSA) is 12.9 Å². The quantitative estimate of drug-likeness (QED) is 0.467. The molecule has 0 saturated carbocycles. The van der Waals surface area contributed by atoms with Crippen LogP contribution in [0, 0.1) is 5.92 Å². The summed E-state index contributed by atoms with van der Waals surface area (Å²) in [6.07, 6.45) is 2.09. The van der Waals surface area contributed by atoms with E-state index < -0.39 is 0 Å². The Balaban J connectivity index is 1.74. The third kappa shape index (κ3) is 3.93. The van der Waals surface area contributed by atoms with Gasteiger partial charge in [-0.3, -0.25) is 0 Å². The SMILES string of the molecule is BrCC(Cc1cccc(Br)c1)Cc1nc2ccccc2s1. The van der Waals surface area contributed by atoms with Crippen LogP contribution in [0.3, 0.4) is 0 Å². The smallest absolute Gasteiger partial charge is 0.0941 e. The molecule has 0 radical (unpaired) electrons. The molecule has 0 fully saturated rings. The molecule has 2 aromatic carbocycles. The van der Waals surface area contributed by atoms with E-state index in [-0.39, 0.29) is 0 Å². The van der Waals surface area contributed by atoms with Crippen molar-refractivity contribution in [3.8, 4) is 0 Å². The van der Waals surface area contributed by atoms with E-state index in [9.17, 15) is 0 Å². The molecule has 108 valence electrons. The molecule has 0 bridgehead atoms. The first-order valence-corrected chi connectivity index (χ1v) is 9.62. The van der Waals surface area contributed by atoms with Gasteiger partial charge in [-0.2, -0.15) is 0 Å². The predicted octanol–water partition coefficient (Wildman–Crippen LogP) is 5.86. The maximum Gasteiger partial charge on any atom is 0.0941 e. The van der Waals surface area contributed by atoms with Crippen molar-refractivity contribution < 1.29 is 0 Å². The van der Waals surface area contributed by atoms with Crippen molar-refractivity contribution in [3.63, 3.8) is 0 Å². The number of nitrogens with zero attached hydrogens (tertiary/aromatic N) is 1. The summed E-state index contributed by atoms with van der Waals surface area (Å²) in [4.78, 5) is 4.75. The molecular formula is C17H15Br2NS. The van der Waals surface area contributed by atoms with Gasteiger partial charge in [-0.1, -0.05) is 56.1 Å². The largest absolute Gasteiger partial charge is 0.241 e. The Morgan fingerprint density at radius 1 is 1.05 bits per heavy atom. The highest BCUT2D eigenvalue weighted by atomic mass is 79.9. The van der Waals surface area contributed by atoms with Crippen molar-refractivity contribution in [2.45, 2.75) is 12.8 Å². The molecule has 0 aliphatic rings. The number of aromatic nitrogens is 1. The van der Waals surface area contributed by atoms with Gasteiger partial charge in [0.25, 0.3) is 0 Å². The Kier molecular flexibility index (Phi) is 5.09. The molecule has 0 amide bonds. The molecule has 0 N–H and O–H groups in total. The maximum absolute atomic E-state index is 4.75. The van der Waals surface area contributed by atoms with Crippen LogP contribution in [0.1, 0.15) is 10.6 Å². The molecule has 21 heavy (non-hydrogen) atoms. The molecule has 3 rings (SSSR count). The lowest BCUT2D eigenvalue weighted by atomic mass is 9.98. The molecular weight excluding hydrogens is 410 g/mol. The van der Waals surface area contributed by atoms with Gasteiger partial charge in [0.05, 0.1) is 15.2 Å². The Hall–Kier alpha value is -0.710. The Bertz CT molecular complexity index is 705. The molecule has 1 atom stereocenters. The van der Waals surface area contributed by atoms with Gasteiger partial charge in [-0.15, -0.1) is 11.3 Å². The fraction of sp³-hybridized carbons (Fsp3) is 0.235. The van der Waals surface area contributed by atoms with Crippen molar-refractivity contribution in [1.82, 2.24) is 4.98 Å². The predicted molar refractivity (Wildman–Crippen MR) is 98.5 cm³/mol. The third-order valence-electron chi connectivity index (χ3n) is 3.43. The van der Waals surface area contributed by atoms with Crippen molar-refractivity contribution in [1.29, 1.82) is 0 Å².